The van der Waals surface area contributed by atoms with Crippen LogP contribution in [0.25, 0.3) is 0 Å². The van der Waals surface area contributed by atoms with Gasteiger partial charge < -0.3 is 10.8 Å². The van der Waals surface area contributed by atoms with Crippen molar-refractivity contribution < 1.29 is 14.3 Å². The van der Waals surface area contributed by atoms with Crippen molar-refractivity contribution in [2.75, 3.05) is 11.1 Å². The van der Waals surface area contributed by atoms with Gasteiger partial charge in [0, 0.05) is 11.8 Å². The normalized spacial score (nSPS) is 10.0. The van der Waals surface area contributed by atoms with Crippen LogP contribution in [0.1, 0.15) is 10.4 Å². The number of alkyl halides is 1. The summed E-state index contributed by atoms with van der Waals surface area (Å²) in [6, 6.07) is 2.20. The van der Waals surface area contributed by atoms with Crippen LogP contribution in [-0.2, 0) is 0 Å². The Morgan fingerprint density at radius 1 is 1.62 bits per heavy atom. The Hall–Kier alpha value is -1.10. The lowest BCUT2D eigenvalue weighted by Gasteiger charge is -2.03. The first-order chi connectivity index (χ1) is 6.06. The van der Waals surface area contributed by atoms with E-state index >= 15 is 0 Å². The average molecular weight is 248 g/mol. The Bertz CT molecular complexity index is 354. The maximum Gasteiger partial charge on any atom is 0.177 e. The largest absolute Gasteiger partial charge is 0.504 e. The molecule has 5 heteroatoms. The summed E-state index contributed by atoms with van der Waals surface area (Å²) in [7, 11) is 0. The third-order valence-corrected chi connectivity index (χ3v) is 2.02. The van der Waals surface area contributed by atoms with E-state index in [4.69, 9.17) is 10.8 Å². The monoisotopic (exact) mass is 247 g/mol. The molecule has 13 heavy (non-hydrogen) atoms. The molecule has 0 saturated heterocycles. The summed E-state index contributed by atoms with van der Waals surface area (Å²) in [5.41, 5.74) is 5.31. The number of carbonyl (C=O) groups is 1. The summed E-state index contributed by atoms with van der Waals surface area (Å²) >= 11 is 2.91. The van der Waals surface area contributed by atoms with Crippen LogP contribution in [0.5, 0.6) is 5.75 Å². The van der Waals surface area contributed by atoms with Gasteiger partial charge in [0.15, 0.2) is 17.3 Å². The molecule has 1 aromatic rings. The maximum absolute atomic E-state index is 12.8. The fraction of sp³-hybridized carbons (Fsp3) is 0.125. The van der Waals surface area contributed by atoms with Crippen LogP contribution in [0.4, 0.5) is 10.1 Å². The van der Waals surface area contributed by atoms with E-state index in [2.05, 4.69) is 15.9 Å². The molecule has 0 aliphatic heterocycles. The fourth-order valence-corrected chi connectivity index (χ4v) is 1.21. The summed E-state index contributed by atoms with van der Waals surface area (Å²) in [4.78, 5) is 11.1. The predicted octanol–water partition coefficient (Wildman–Crippen LogP) is 1.69. The molecule has 3 nitrogen and oxygen atoms in total. The highest BCUT2D eigenvalue weighted by molar-refractivity contribution is 9.09. The lowest BCUT2D eigenvalue weighted by atomic mass is 10.1. The Morgan fingerprint density at radius 2 is 2.23 bits per heavy atom. The van der Waals surface area contributed by atoms with Crippen molar-refractivity contribution in [2.24, 2.45) is 0 Å². The van der Waals surface area contributed by atoms with E-state index in [0.717, 1.165) is 6.07 Å². The number of nitrogen functional groups attached to an aromatic ring is 1. The molecule has 3 N–H and O–H groups in total. The van der Waals surface area contributed by atoms with Crippen LogP contribution in [0.2, 0.25) is 0 Å². The second-order valence-electron chi connectivity index (χ2n) is 2.46. The van der Waals surface area contributed by atoms with Gasteiger partial charge in [0.1, 0.15) is 0 Å². The second-order valence-corrected chi connectivity index (χ2v) is 3.02. The molecule has 0 aliphatic carbocycles. The van der Waals surface area contributed by atoms with Gasteiger partial charge >= 0.3 is 0 Å². The number of rotatable bonds is 2. The second kappa shape index (κ2) is 3.74. The van der Waals surface area contributed by atoms with Gasteiger partial charge in [0.25, 0.3) is 0 Å². The van der Waals surface area contributed by atoms with Crippen molar-refractivity contribution in [3.05, 3.63) is 23.5 Å². The van der Waals surface area contributed by atoms with Crippen molar-refractivity contribution >= 4 is 27.4 Å². The van der Waals surface area contributed by atoms with E-state index in [1.54, 1.807) is 0 Å². The number of nitrogens with two attached hydrogens (primary N) is 1. The highest BCUT2D eigenvalue weighted by Crippen LogP contribution is 2.25. The maximum atomic E-state index is 12.8. The minimum absolute atomic E-state index is 0.0173. The van der Waals surface area contributed by atoms with Gasteiger partial charge in [-0.1, -0.05) is 15.9 Å². The number of ketones is 1. The van der Waals surface area contributed by atoms with Crippen molar-refractivity contribution in [1.82, 2.24) is 0 Å². The fourth-order valence-electron chi connectivity index (χ4n) is 0.905. The molecule has 0 radical (unpaired) electrons. The van der Waals surface area contributed by atoms with Crippen LogP contribution in [-0.4, -0.2) is 16.2 Å². The van der Waals surface area contributed by atoms with Crippen LogP contribution in [0.15, 0.2) is 12.1 Å². The average Bonchev–Trinajstić information content (AvgIpc) is 2.10. The van der Waals surface area contributed by atoms with Crippen LogP contribution in [0, 0.1) is 5.82 Å². The molecule has 0 saturated carbocycles. The molecule has 0 amide bonds. The molecule has 1 aromatic carbocycles. The molecule has 0 atom stereocenters. The van der Waals surface area contributed by atoms with E-state index in [0.29, 0.717) is 0 Å². The van der Waals surface area contributed by atoms with E-state index in [9.17, 15) is 9.18 Å². The van der Waals surface area contributed by atoms with E-state index in [1.165, 1.54) is 6.07 Å². The summed E-state index contributed by atoms with van der Waals surface area (Å²) < 4.78 is 12.8. The van der Waals surface area contributed by atoms with Gasteiger partial charge in [0.2, 0.25) is 0 Å². The molecule has 0 spiro atoms. The SMILES string of the molecule is Nc1cc(F)c(O)c(C(=O)CBr)c1. The number of aromatic hydroxyl groups is 1. The summed E-state index contributed by atoms with van der Waals surface area (Å²) in [5.74, 6) is -1.95. The number of benzene rings is 1. The standard InChI is InChI=1S/C8H7BrFNO2/c9-3-7(12)5-1-4(11)2-6(10)8(5)13/h1-2,13H,3,11H2. The predicted molar refractivity (Wildman–Crippen MR) is 50.6 cm³/mol. The lowest BCUT2D eigenvalue weighted by Crippen LogP contribution is -2.03. The number of anilines is 1. The first-order valence-electron chi connectivity index (χ1n) is 3.43. The minimum atomic E-state index is -0.885. The molecule has 0 unspecified atom stereocenters. The topological polar surface area (TPSA) is 63.3 Å². The first kappa shape index (κ1) is 9.98. The number of phenols is 1. The molecular weight excluding hydrogens is 241 g/mol. The Balaban J connectivity index is 3.28. The molecule has 0 bridgehead atoms. The minimum Gasteiger partial charge on any atom is -0.504 e. The number of hydrogen-bond acceptors (Lipinski definition) is 3. The number of Topliss-reactive ketones (excluding diaryl/α,β-unsaturated/α-hetero) is 1. The van der Waals surface area contributed by atoms with Crippen LogP contribution >= 0.6 is 15.9 Å². The Labute approximate surface area is 82.5 Å². The lowest BCUT2D eigenvalue weighted by molar-refractivity contribution is 0.102. The van der Waals surface area contributed by atoms with Crippen LogP contribution < -0.4 is 5.73 Å². The quantitative estimate of drug-likeness (QED) is 0.362. The van der Waals surface area contributed by atoms with Crippen molar-refractivity contribution in [1.29, 1.82) is 0 Å². The van der Waals surface area contributed by atoms with Crippen molar-refractivity contribution in [2.45, 2.75) is 0 Å². The summed E-state index contributed by atoms with van der Waals surface area (Å²) in [6.45, 7) is 0. The highest BCUT2D eigenvalue weighted by Gasteiger charge is 2.14. The van der Waals surface area contributed by atoms with Crippen LogP contribution in [0.3, 0.4) is 0 Å². The molecule has 0 aromatic heterocycles. The van der Waals surface area contributed by atoms with E-state index in [1.807, 2.05) is 0 Å². The summed E-state index contributed by atoms with van der Waals surface area (Å²) in [5, 5.41) is 9.17. The third kappa shape index (κ3) is 1.98. The number of phenolic OH excluding ortho intramolecular Hbond substituents is 1. The van der Waals surface area contributed by atoms with Gasteiger partial charge in [-0.15, -0.1) is 0 Å². The molecule has 0 fully saturated rings. The van der Waals surface area contributed by atoms with Crippen molar-refractivity contribution in [3.63, 3.8) is 0 Å². The number of carbonyl (C=O) groups excluding carboxylic acids is 1. The smallest absolute Gasteiger partial charge is 0.177 e. The highest BCUT2D eigenvalue weighted by atomic mass is 79.9. The molecular formula is C8H7BrFNO2. The first-order valence-corrected chi connectivity index (χ1v) is 4.55. The van der Waals surface area contributed by atoms with Gasteiger partial charge in [-0.05, 0) is 6.07 Å². The molecule has 70 valence electrons. The summed E-state index contributed by atoms with van der Waals surface area (Å²) in [6.07, 6.45) is 0. The van der Waals surface area contributed by atoms with Gasteiger partial charge in [-0.2, -0.15) is 0 Å². The molecule has 0 aliphatic rings. The van der Waals surface area contributed by atoms with Gasteiger partial charge in [0.05, 0.1) is 10.9 Å². The zero-order chi connectivity index (χ0) is 10.0. The zero-order valence-electron chi connectivity index (χ0n) is 6.55. The van der Waals surface area contributed by atoms with E-state index in [-0.39, 0.29) is 16.6 Å². The Morgan fingerprint density at radius 3 is 2.77 bits per heavy atom. The van der Waals surface area contributed by atoms with Gasteiger partial charge in [-0.25, -0.2) is 4.39 Å². The van der Waals surface area contributed by atoms with Crippen molar-refractivity contribution in [3.8, 4) is 5.75 Å². The molecule has 0 heterocycles. The van der Waals surface area contributed by atoms with Gasteiger partial charge in [-0.3, -0.25) is 4.79 Å². The third-order valence-electron chi connectivity index (χ3n) is 1.51. The Kier molecular flexibility index (Phi) is 2.87. The number of halogens is 2. The zero-order valence-corrected chi connectivity index (χ0v) is 8.14. The molecule has 1 rings (SSSR count). The number of hydrogen-bond donors (Lipinski definition) is 2. The van der Waals surface area contributed by atoms with E-state index < -0.39 is 17.3 Å².